The number of esters is 1. The van der Waals surface area contributed by atoms with Crippen molar-refractivity contribution in [2.45, 2.75) is 39.5 Å². The minimum atomic E-state index is -0.467. The van der Waals surface area contributed by atoms with Crippen molar-refractivity contribution in [1.82, 2.24) is 0 Å². The van der Waals surface area contributed by atoms with Crippen molar-refractivity contribution >= 4 is 5.97 Å². The molecule has 3 heteroatoms. The quantitative estimate of drug-likeness (QED) is 0.557. The monoisotopic (exact) mass is 300 g/mol. The normalized spacial score (nSPS) is 10.5. The van der Waals surface area contributed by atoms with Crippen LogP contribution in [0.3, 0.4) is 0 Å². The van der Waals surface area contributed by atoms with E-state index in [2.05, 4.69) is 6.92 Å². The summed E-state index contributed by atoms with van der Waals surface area (Å²) >= 11 is 0. The van der Waals surface area contributed by atoms with Crippen LogP contribution >= 0.6 is 0 Å². The number of rotatable bonds is 6. The molecule has 0 saturated heterocycles. The van der Waals surface area contributed by atoms with Crippen molar-refractivity contribution in [2.24, 2.45) is 0 Å². The first kappa shape index (κ1) is 16.2. The molecule has 0 aromatic heterocycles. The molecular formula is C19H21FO2. The molecule has 2 rings (SSSR count). The molecule has 0 amide bonds. The van der Waals surface area contributed by atoms with Crippen LogP contribution in [0.4, 0.5) is 4.39 Å². The molecule has 0 aliphatic carbocycles. The fourth-order valence-corrected chi connectivity index (χ4v) is 2.33. The zero-order valence-electron chi connectivity index (χ0n) is 13.1. The Morgan fingerprint density at radius 3 is 2.27 bits per heavy atom. The summed E-state index contributed by atoms with van der Waals surface area (Å²) in [6.45, 7) is 4.11. The largest absolute Gasteiger partial charge is 0.423 e. The maximum Gasteiger partial charge on any atom is 0.343 e. The first-order valence-electron chi connectivity index (χ1n) is 7.73. The van der Waals surface area contributed by atoms with Crippen molar-refractivity contribution in [3.05, 3.63) is 65.0 Å². The molecule has 2 aromatic carbocycles. The maximum atomic E-state index is 13.8. The number of carbonyl (C=O) groups excluding carboxylic acids is 1. The molecule has 2 nitrogen and oxygen atoms in total. The van der Waals surface area contributed by atoms with E-state index in [9.17, 15) is 9.18 Å². The van der Waals surface area contributed by atoms with Crippen LogP contribution in [-0.4, -0.2) is 5.97 Å². The molecule has 0 N–H and O–H groups in total. The average molecular weight is 300 g/mol. The van der Waals surface area contributed by atoms with Crippen molar-refractivity contribution in [2.75, 3.05) is 0 Å². The van der Waals surface area contributed by atoms with Gasteiger partial charge in [0.05, 0.1) is 5.56 Å². The molecular weight excluding hydrogens is 279 g/mol. The minimum Gasteiger partial charge on any atom is -0.423 e. The van der Waals surface area contributed by atoms with E-state index in [1.54, 1.807) is 24.3 Å². The number of hydrogen-bond donors (Lipinski definition) is 0. The number of aryl methyl sites for hydroxylation is 2. The third kappa shape index (κ3) is 4.17. The lowest BCUT2D eigenvalue weighted by atomic mass is 10.1. The van der Waals surface area contributed by atoms with Crippen LogP contribution in [0.25, 0.3) is 0 Å². The molecule has 0 heterocycles. The van der Waals surface area contributed by atoms with Crippen LogP contribution in [0, 0.1) is 5.82 Å². The van der Waals surface area contributed by atoms with Gasteiger partial charge in [-0.15, -0.1) is 0 Å². The molecule has 0 aliphatic heterocycles. The highest BCUT2D eigenvalue weighted by Crippen LogP contribution is 2.19. The van der Waals surface area contributed by atoms with Crippen molar-refractivity contribution in [3.63, 3.8) is 0 Å². The highest BCUT2D eigenvalue weighted by molar-refractivity contribution is 5.91. The van der Waals surface area contributed by atoms with Gasteiger partial charge in [0.15, 0.2) is 0 Å². The Morgan fingerprint density at radius 1 is 1.00 bits per heavy atom. The van der Waals surface area contributed by atoms with Crippen LogP contribution in [-0.2, 0) is 12.8 Å². The van der Waals surface area contributed by atoms with E-state index in [1.807, 2.05) is 19.1 Å². The number of halogens is 1. The summed E-state index contributed by atoms with van der Waals surface area (Å²) in [5, 5.41) is 0. The van der Waals surface area contributed by atoms with Gasteiger partial charge in [0.1, 0.15) is 11.6 Å². The van der Waals surface area contributed by atoms with Gasteiger partial charge in [-0.2, -0.15) is 0 Å². The summed E-state index contributed by atoms with van der Waals surface area (Å²) in [4.78, 5) is 12.1. The highest BCUT2D eigenvalue weighted by atomic mass is 19.1. The Labute approximate surface area is 130 Å². The molecule has 0 radical (unpaired) electrons. The van der Waals surface area contributed by atoms with Crippen LogP contribution in [0.1, 0.15) is 48.2 Å². The lowest BCUT2D eigenvalue weighted by molar-refractivity contribution is 0.0734. The third-order valence-corrected chi connectivity index (χ3v) is 3.48. The Kier molecular flexibility index (Phi) is 5.70. The molecule has 0 saturated carbocycles. The summed E-state index contributed by atoms with van der Waals surface area (Å²) in [6.07, 6.45) is 3.60. The average Bonchev–Trinajstić information content (AvgIpc) is 2.51. The minimum absolute atomic E-state index is 0.236. The summed E-state index contributed by atoms with van der Waals surface area (Å²) < 4.78 is 19.1. The molecule has 0 atom stereocenters. The van der Waals surface area contributed by atoms with E-state index in [1.165, 1.54) is 11.6 Å². The van der Waals surface area contributed by atoms with E-state index in [0.717, 1.165) is 19.3 Å². The molecule has 2 aromatic rings. The summed E-state index contributed by atoms with van der Waals surface area (Å²) in [6, 6.07) is 11.9. The van der Waals surface area contributed by atoms with Gasteiger partial charge in [-0.05, 0) is 42.2 Å². The zero-order valence-corrected chi connectivity index (χ0v) is 13.1. The standard InChI is InChI=1S/C19H21FO2/c1-3-5-14-7-9-16(10-8-14)19(21)22-17-12-11-15(6-4-2)18(20)13-17/h7-13H,3-6H2,1-2H3. The molecule has 0 unspecified atom stereocenters. The van der Waals surface area contributed by atoms with Gasteiger partial charge in [-0.1, -0.05) is 44.9 Å². The Balaban J connectivity index is 2.06. The Bertz CT molecular complexity index is 632. The van der Waals surface area contributed by atoms with Crippen LogP contribution in [0.5, 0.6) is 5.75 Å². The number of hydrogen-bond acceptors (Lipinski definition) is 2. The van der Waals surface area contributed by atoms with Gasteiger partial charge in [-0.3, -0.25) is 0 Å². The second-order valence-electron chi connectivity index (χ2n) is 5.34. The summed E-state index contributed by atoms with van der Waals surface area (Å²) in [5.74, 6) is -0.559. The molecule has 0 bridgehead atoms. The predicted molar refractivity (Wildman–Crippen MR) is 85.8 cm³/mol. The van der Waals surface area contributed by atoms with E-state index >= 15 is 0 Å². The van der Waals surface area contributed by atoms with Gasteiger partial charge in [0, 0.05) is 6.07 Å². The van der Waals surface area contributed by atoms with E-state index < -0.39 is 5.97 Å². The second-order valence-corrected chi connectivity index (χ2v) is 5.34. The number of carbonyl (C=O) groups is 1. The Morgan fingerprint density at radius 2 is 1.68 bits per heavy atom. The predicted octanol–water partition coefficient (Wildman–Crippen LogP) is 4.95. The maximum absolute atomic E-state index is 13.8. The first-order valence-corrected chi connectivity index (χ1v) is 7.73. The van der Waals surface area contributed by atoms with Crippen LogP contribution < -0.4 is 4.74 Å². The number of ether oxygens (including phenoxy) is 1. The molecule has 22 heavy (non-hydrogen) atoms. The molecule has 0 spiro atoms. The van der Waals surface area contributed by atoms with Crippen molar-refractivity contribution in [1.29, 1.82) is 0 Å². The van der Waals surface area contributed by atoms with Gasteiger partial charge >= 0.3 is 5.97 Å². The Hall–Kier alpha value is -2.16. The number of benzene rings is 2. The van der Waals surface area contributed by atoms with Gasteiger partial charge in [0.2, 0.25) is 0 Å². The topological polar surface area (TPSA) is 26.3 Å². The molecule has 116 valence electrons. The van der Waals surface area contributed by atoms with Gasteiger partial charge in [-0.25, -0.2) is 9.18 Å². The second kappa shape index (κ2) is 7.74. The van der Waals surface area contributed by atoms with Crippen molar-refractivity contribution < 1.29 is 13.9 Å². The highest BCUT2D eigenvalue weighted by Gasteiger charge is 2.10. The van der Waals surface area contributed by atoms with Crippen LogP contribution in [0.2, 0.25) is 0 Å². The first-order chi connectivity index (χ1) is 10.6. The lowest BCUT2D eigenvalue weighted by Crippen LogP contribution is -2.09. The van der Waals surface area contributed by atoms with Gasteiger partial charge in [0.25, 0.3) is 0 Å². The zero-order chi connectivity index (χ0) is 15.9. The van der Waals surface area contributed by atoms with E-state index in [-0.39, 0.29) is 11.6 Å². The SMILES string of the molecule is CCCc1ccc(C(=O)Oc2ccc(CCC)c(F)c2)cc1. The third-order valence-electron chi connectivity index (χ3n) is 3.48. The molecule has 0 aliphatic rings. The van der Waals surface area contributed by atoms with Crippen LogP contribution in [0.15, 0.2) is 42.5 Å². The lowest BCUT2D eigenvalue weighted by Gasteiger charge is -2.07. The summed E-state index contributed by atoms with van der Waals surface area (Å²) in [5.41, 5.74) is 2.30. The summed E-state index contributed by atoms with van der Waals surface area (Å²) in [7, 11) is 0. The fraction of sp³-hybridized carbons (Fsp3) is 0.316. The fourth-order valence-electron chi connectivity index (χ4n) is 2.33. The van der Waals surface area contributed by atoms with Crippen molar-refractivity contribution in [3.8, 4) is 5.75 Å². The smallest absolute Gasteiger partial charge is 0.343 e. The molecule has 0 fully saturated rings. The van der Waals surface area contributed by atoms with E-state index in [4.69, 9.17) is 4.74 Å². The van der Waals surface area contributed by atoms with Gasteiger partial charge < -0.3 is 4.74 Å². The van der Waals surface area contributed by atoms with E-state index in [0.29, 0.717) is 17.5 Å².